The van der Waals surface area contributed by atoms with Crippen molar-refractivity contribution in [3.63, 3.8) is 0 Å². The highest BCUT2D eigenvalue weighted by atomic mass is 32.2. The second kappa shape index (κ2) is 5.63. The molecule has 1 unspecified atom stereocenters. The van der Waals surface area contributed by atoms with E-state index in [0.717, 1.165) is 12.8 Å². The van der Waals surface area contributed by atoms with Crippen LogP contribution in [0.3, 0.4) is 0 Å². The Labute approximate surface area is 96.7 Å². The molecule has 16 heavy (non-hydrogen) atoms. The maximum Gasteiger partial charge on any atom is 0.221 e. The van der Waals surface area contributed by atoms with Crippen LogP contribution >= 0.6 is 0 Å². The number of sulfone groups is 1. The van der Waals surface area contributed by atoms with E-state index >= 15 is 0 Å². The molecule has 1 fully saturated rings. The molecule has 1 amide bonds. The second-order valence-electron chi connectivity index (χ2n) is 4.51. The highest BCUT2D eigenvalue weighted by Crippen LogP contribution is 2.18. The summed E-state index contributed by atoms with van der Waals surface area (Å²) in [6.45, 7) is 1.77. The van der Waals surface area contributed by atoms with Gasteiger partial charge in [0.05, 0.1) is 11.5 Å². The average Bonchev–Trinajstić information content (AvgIpc) is 2.96. The van der Waals surface area contributed by atoms with E-state index in [1.54, 1.807) is 6.92 Å². The van der Waals surface area contributed by atoms with Crippen molar-refractivity contribution in [2.24, 2.45) is 5.73 Å². The Kier molecular flexibility index (Phi) is 4.73. The van der Waals surface area contributed by atoms with E-state index in [1.807, 2.05) is 0 Å². The molecule has 0 heterocycles. The van der Waals surface area contributed by atoms with E-state index in [9.17, 15) is 13.2 Å². The molecule has 6 heteroatoms. The third kappa shape index (κ3) is 6.07. The fourth-order valence-electron chi connectivity index (χ4n) is 1.24. The minimum Gasteiger partial charge on any atom is -0.353 e. The van der Waals surface area contributed by atoms with Gasteiger partial charge in [-0.2, -0.15) is 0 Å². The van der Waals surface area contributed by atoms with Gasteiger partial charge in [0.25, 0.3) is 0 Å². The summed E-state index contributed by atoms with van der Waals surface area (Å²) in [5.74, 6) is -0.161. The summed E-state index contributed by atoms with van der Waals surface area (Å²) in [5, 5.41) is 2.76. The molecule has 1 aliphatic rings. The molecule has 1 saturated carbocycles. The minimum absolute atomic E-state index is 0.0672. The predicted octanol–water partition coefficient (Wildman–Crippen LogP) is -0.193. The molecule has 1 atom stereocenters. The first-order valence-corrected chi connectivity index (χ1v) is 7.46. The van der Waals surface area contributed by atoms with Crippen molar-refractivity contribution in [3.8, 4) is 0 Å². The van der Waals surface area contributed by atoms with Gasteiger partial charge in [-0.05, 0) is 26.2 Å². The Morgan fingerprint density at radius 3 is 2.56 bits per heavy atom. The Morgan fingerprint density at radius 1 is 1.44 bits per heavy atom. The van der Waals surface area contributed by atoms with Crippen LogP contribution in [0.25, 0.3) is 0 Å². The van der Waals surface area contributed by atoms with Crippen LogP contribution in [0, 0.1) is 0 Å². The lowest BCUT2D eigenvalue weighted by molar-refractivity contribution is -0.120. The van der Waals surface area contributed by atoms with E-state index in [2.05, 4.69) is 5.32 Å². The van der Waals surface area contributed by atoms with Gasteiger partial charge in [-0.15, -0.1) is 0 Å². The first-order valence-electron chi connectivity index (χ1n) is 5.64. The lowest BCUT2D eigenvalue weighted by atomic mass is 10.3. The van der Waals surface area contributed by atoms with Gasteiger partial charge >= 0.3 is 0 Å². The van der Waals surface area contributed by atoms with E-state index in [-0.39, 0.29) is 29.9 Å². The smallest absolute Gasteiger partial charge is 0.221 e. The molecule has 0 bridgehead atoms. The first kappa shape index (κ1) is 13.4. The van der Waals surface area contributed by atoms with Crippen LogP contribution in [-0.4, -0.2) is 37.9 Å². The van der Waals surface area contributed by atoms with Crippen LogP contribution in [0.5, 0.6) is 0 Å². The predicted molar refractivity (Wildman–Crippen MR) is 62.7 cm³/mol. The van der Waals surface area contributed by atoms with Crippen LogP contribution in [0.4, 0.5) is 0 Å². The van der Waals surface area contributed by atoms with Crippen molar-refractivity contribution in [3.05, 3.63) is 0 Å². The van der Waals surface area contributed by atoms with E-state index < -0.39 is 9.84 Å². The zero-order valence-electron chi connectivity index (χ0n) is 9.61. The Bertz CT molecular complexity index is 334. The monoisotopic (exact) mass is 248 g/mol. The maximum atomic E-state index is 11.5. The second-order valence-corrected chi connectivity index (χ2v) is 6.81. The lowest BCUT2D eigenvalue weighted by Gasteiger charge is -2.06. The molecule has 0 saturated heterocycles. The van der Waals surface area contributed by atoms with E-state index in [1.165, 1.54) is 0 Å². The van der Waals surface area contributed by atoms with Gasteiger partial charge in [0, 0.05) is 18.5 Å². The van der Waals surface area contributed by atoms with Crippen LogP contribution < -0.4 is 11.1 Å². The van der Waals surface area contributed by atoms with Crippen molar-refractivity contribution >= 4 is 15.7 Å². The Morgan fingerprint density at radius 2 is 2.06 bits per heavy atom. The minimum atomic E-state index is -3.13. The molecule has 3 N–H and O–H groups in total. The highest BCUT2D eigenvalue weighted by molar-refractivity contribution is 7.91. The molecule has 0 radical (unpaired) electrons. The number of hydrogen-bond donors (Lipinski definition) is 2. The van der Waals surface area contributed by atoms with Gasteiger partial charge in [-0.25, -0.2) is 8.42 Å². The topological polar surface area (TPSA) is 89.3 Å². The standard InChI is InChI=1S/C10H20N2O3S/c1-8(11)4-6-16(14,15)7-5-10(13)12-9-2-3-9/h8-9H,2-7,11H2,1H3,(H,12,13). The number of hydrogen-bond acceptors (Lipinski definition) is 4. The molecule has 0 aromatic heterocycles. The van der Waals surface area contributed by atoms with Gasteiger partial charge in [0.2, 0.25) is 5.91 Å². The average molecular weight is 248 g/mol. The number of rotatable bonds is 7. The largest absolute Gasteiger partial charge is 0.353 e. The molecule has 1 rings (SSSR count). The van der Waals surface area contributed by atoms with Crippen LogP contribution in [0.2, 0.25) is 0 Å². The third-order valence-corrected chi connectivity index (χ3v) is 4.15. The molecular formula is C10H20N2O3S. The summed E-state index contributed by atoms with van der Waals surface area (Å²) < 4.78 is 23.0. The van der Waals surface area contributed by atoms with Crippen molar-refractivity contribution in [2.75, 3.05) is 11.5 Å². The Balaban J connectivity index is 2.20. The summed E-state index contributed by atoms with van der Waals surface area (Å²) in [6, 6.07) is 0.175. The van der Waals surface area contributed by atoms with Gasteiger partial charge in [-0.1, -0.05) is 0 Å². The molecular weight excluding hydrogens is 228 g/mol. The fourth-order valence-corrected chi connectivity index (χ4v) is 2.67. The summed E-state index contributed by atoms with van der Waals surface area (Å²) >= 11 is 0. The van der Waals surface area contributed by atoms with Crippen molar-refractivity contribution in [2.45, 2.75) is 44.7 Å². The zero-order valence-corrected chi connectivity index (χ0v) is 10.4. The summed E-state index contributed by atoms with van der Waals surface area (Å²) in [6.07, 6.45) is 2.55. The molecule has 0 aromatic carbocycles. The maximum absolute atomic E-state index is 11.5. The first-order chi connectivity index (χ1) is 7.39. The number of nitrogens with two attached hydrogens (primary N) is 1. The van der Waals surface area contributed by atoms with Gasteiger partial charge < -0.3 is 11.1 Å². The van der Waals surface area contributed by atoms with Gasteiger partial charge in [0.1, 0.15) is 0 Å². The molecule has 0 spiro atoms. The quantitative estimate of drug-likeness (QED) is 0.653. The molecule has 0 aromatic rings. The van der Waals surface area contributed by atoms with Gasteiger partial charge in [-0.3, -0.25) is 4.79 Å². The van der Waals surface area contributed by atoms with E-state index in [4.69, 9.17) is 5.73 Å². The SMILES string of the molecule is CC(N)CCS(=O)(=O)CCC(=O)NC1CC1. The number of nitrogens with one attached hydrogen (secondary N) is 1. The summed E-state index contributed by atoms with van der Waals surface area (Å²) in [4.78, 5) is 11.3. The lowest BCUT2D eigenvalue weighted by Crippen LogP contribution is -2.28. The normalized spacial score (nSPS) is 18.1. The van der Waals surface area contributed by atoms with Crippen molar-refractivity contribution in [1.29, 1.82) is 0 Å². The van der Waals surface area contributed by atoms with Gasteiger partial charge in [0.15, 0.2) is 9.84 Å². The van der Waals surface area contributed by atoms with Crippen LogP contribution in [0.1, 0.15) is 32.6 Å². The molecule has 94 valence electrons. The molecule has 0 aliphatic heterocycles. The number of carbonyl (C=O) groups excluding carboxylic acids is 1. The van der Waals surface area contributed by atoms with E-state index in [0.29, 0.717) is 12.5 Å². The van der Waals surface area contributed by atoms with Crippen LogP contribution in [-0.2, 0) is 14.6 Å². The number of carbonyl (C=O) groups is 1. The Hall–Kier alpha value is -0.620. The highest BCUT2D eigenvalue weighted by Gasteiger charge is 2.23. The molecule has 5 nitrogen and oxygen atoms in total. The third-order valence-electron chi connectivity index (χ3n) is 2.47. The number of amides is 1. The van der Waals surface area contributed by atoms with Crippen molar-refractivity contribution in [1.82, 2.24) is 5.32 Å². The van der Waals surface area contributed by atoms with Crippen molar-refractivity contribution < 1.29 is 13.2 Å². The zero-order chi connectivity index (χ0) is 12.2. The van der Waals surface area contributed by atoms with Crippen LogP contribution in [0.15, 0.2) is 0 Å². The molecule has 1 aliphatic carbocycles. The summed E-state index contributed by atoms with van der Waals surface area (Å²) in [5.41, 5.74) is 5.49. The fraction of sp³-hybridized carbons (Fsp3) is 0.900. The summed E-state index contributed by atoms with van der Waals surface area (Å²) in [7, 11) is -3.13.